The molecule has 0 bridgehead atoms. The van der Waals surface area contributed by atoms with E-state index in [4.69, 9.17) is 0 Å². The van der Waals surface area contributed by atoms with E-state index in [1.807, 2.05) is 43.3 Å². The number of hydrogen-bond acceptors (Lipinski definition) is 3. The van der Waals surface area contributed by atoms with Gasteiger partial charge in [-0.3, -0.25) is 0 Å². The summed E-state index contributed by atoms with van der Waals surface area (Å²) in [6, 6.07) is 16.5. The highest BCUT2D eigenvalue weighted by Crippen LogP contribution is 2.12. The molecule has 2 rings (SSSR count). The molecule has 0 fully saturated rings. The molecule has 2 aromatic carbocycles. The van der Waals surface area contributed by atoms with Gasteiger partial charge in [-0.1, -0.05) is 49.4 Å². The highest BCUT2D eigenvalue weighted by Gasteiger charge is 2.13. The summed E-state index contributed by atoms with van der Waals surface area (Å²) < 4.78 is 27.2. The van der Waals surface area contributed by atoms with Crippen molar-refractivity contribution in [2.45, 2.75) is 24.9 Å². The van der Waals surface area contributed by atoms with Gasteiger partial charge in [0.15, 0.2) is 0 Å². The molecule has 0 saturated carbocycles. The summed E-state index contributed by atoms with van der Waals surface area (Å²) in [4.78, 5) is 0.300. The van der Waals surface area contributed by atoms with Crippen LogP contribution in [0.4, 0.5) is 0 Å². The van der Waals surface area contributed by atoms with Crippen LogP contribution >= 0.6 is 0 Å². The third-order valence-corrected chi connectivity index (χ3v) is 4.50. The van der Waals surface area contributed by atoms with Crippen molar-refractivity contribution in [2.24, 2.45) is 0 Å². The van der Waals surface area contributed by atoms with E-state index in [0.29, 0.717) is 18.0 Å². The molecule has 0 heterocycles. The lowest BCUT2D eigenvalue weighted by Gasteiger charge is -2.09. The number of benzene rings is 2. The lowest BCUT2D eigenvalue weighted by molar-refractivity contribution is 0.581. The van der Waals surface area contributed by atoms with Crippen LogP contribution in [0.1, 0.15) is 18.1 Å². The van der Waals surface area contributed by atoms with Crippen molar-refractivity contribution in [3.8, 4) is 0 Å². The van der Waals surface area contributed by atoms with E-state index in [1.54, 1.807) is 18.2 Å². The molecule has 0 unspecified atom stereocenters. The Morgan fingerprint density at radius 2 is 1.62 bits per heavy atom. The fourth-order valence-electron chi connectivity index (χ4n) is 1.95. The molecule has 5 heteroatoms. The molecule has 0 spiro atoms. The average molecular weight is 304 g/mol. The molecule has 4 nitrogen and oxygen atoms in total. The van der Waals surface area contributed by atoms with E-state index in [2.05, 4.69) is 10.0 Å². The second-order valence-electron chi connectivity index (χ2n) is 4.74. The number of rotatable bonds is 7. The van der Waals surface area contributed by atoms with Gasteiger partial charge in [0.25, 0.3) is 0 Å². The molecule has 0 saturated heterocycles. The highest BCUT2D eigenvalue weighted by molar-refractivity contribution is 7.89. The topological polar surface area (TPSA) is 58.2 Å². The second kappa shape index (κ2) is 7.36. The molecular formula is C16H20N2O2S. The lowest BCUT2D eigenvalue weighted by atomic mass is 10.2. The molecular weight excluding hydrogens is 284 g/mol. The maximum atomic E-state index is 12.3. The molecule has 21 heavy (non-hydrogen) atoms. The number of sulfonamides is 1. The van der Waals surface area contributed by atoms with Crippen molar-refractivity contribution in [1.29, 1.82) is 0 Å². The largest absolute Gasteiger partial charge is 0.313 e. The molecule has 0 aliphatic rings. The van der Waals surface area contributed by atoms with Crippen LogP contribution in [-0.4, -0.2) is 15.0 Å². The van der Waals surface area contributed by atoms with Gasteiger partial charge in [-0.05, 0) is 29.8 Å². The smallest absolute Gasteiger partial charge is 0.240 e. The van der Waals surface area contributed by atoms with Crippen molar-refractivity contribution in [1.82, 2.24) is 10.0 Å². The van der Waals surface area contributed by atoms with Crippen molar-refractivity contribution in [3.63, 3.8) is 0 Å². The van der Waals surface area contributed by atoms with Gasteiger partial charge in [-0.25, -0.2) is 13.1 Å². The predicted molar refractivity (Wildman–Crippen MR) is 84.3 cm³/mol. The summed E-state index contributed by atoms with van der Waals surface area (Å²) in [5, 5.41) is 3.19. The van der Waals surface area contributed by atoms with Gasteiger partial charge in [-0.2, -0.15) is 0 Å². The Balaban J connectivity index is 2.08. The Hall–Kier alpha value is -1.69. The Morgan fingerprint density at radius 1 is 0.905 bits per heavy atom. The molecule has 0 aliphatic heterocycles. The van der Waals surface area contributed by atoms with Crippen molar-refractivity contribution in [2.75, 3.05) is 6.54 Å². The van der Waals surface area contributed by atoms with Crippen LogP contribution in [0.25, 0.3) is 0 Å². The maximum Gasteiger partial charge on any atom is 0.240 e. The average Bonchev–Trinajstić information content (AvgIpc) is 2.52. The highest BCUT2D eigenvalue weighted by atomic mass is 32.2. The van der Waals surface area contributed by atoms with Gasteiger partial charge in [0, 0.05) is 13.1 Å². The summed E-state index contributed by atoms with van der Waals surface area (Å²) in [5.41, 5.74) is 1.89. The molecule has 0 amide bonds. The van der Waals surface area contributed by atoms with Crippen LogP contribution in [0.15, 0.2) is 59.5 Å². The maximum absolute atomic E-state index is 12.3. The molecule has 2 N–H and O–H groups in total. The normalized spacial score (nSPS) is 11.5. The van der Waals surface area contributed by atoms with Gasteiger partial charge in [0.05, 0.1) is 4.90 Å². The summed E-state index contributed by atoms with van der Waals surface area (Å²) in [6.45, 7) is 3.82. The molecule has 0 radical (unpaired) electrons. The lowest BCUT2D eigenvalue weighted by Crippen LogP contribution is -2.23. The van der Waals surface area contributed by atoms with E-state index in [-0.39, 0.29) is 0 Å². The molecule has 0 aliphatic carbocycles. The molecule has 112 valence electrons. The van der Waals surface area contributed by atoms with Crippen LogP contribution in [0.2, 0.25) is 0 Å². The van der Waals surface area contributed by atoms with Gasteiger partial charge in [0.2, 0.25) is 10.0 Å². The monoisotopic (exact) mass is 304 g/mol. The van der Waals surface area contributed by atoms with Gasteiger partial charge in [0.1, 0.15) is 0 Å². The van der Waals surface area contributed by atoms with E-state index in [0.717, 1.165) is 17.7 Å². The molecule has 0 atom stereocenters. The SMILES string of the molecule is CCNCc1cccc(S(=O)(=O)NCc2ccccc2)c1. The van der Waals surface area contributed by atoms with Crippen LogP contribution in [0.3, 0.4) is 0 Å². The van der Waals surface area contributed by atoms with Crippen LogP contribution in [0.5, 0.6) is 0 Å². The summed E-state index contributed by atoms with van der Waals surface area (Å²) >= 11 is 0. The molecule has 0 aromatic heterocycles. The first-order valence-corrected chi connectivity index (χ1v) is 8.43. The fraction of sp³-hybridized carbons (Fsp3) is 0.250. The minimum Gasteiger partial charge on any atom is -0.313 e. The van der Waals surface area contributed by atoms with Gasteiger partial charge in [-0.15, -0.1) is 0 Å². The Labute approximate surface area is 126 Å². The van der Waals surface area contributed by atoms with E-state index in [1.165, 1.54) is 0 Å². The Kier molecular flexibility index (Phi) is 5.50. The third-order valence-electron chi connectivity index (χ3n) is 3.10. The standard InChI is InChI=1S/C16H20N2O2S/c1-2-17-12-15-9-6-10-16(11-15)21(19,20)18-13-14-7-4-3-5-8-14/h3-11,17-18H,2,12-13H2,1H3. The van der Waals surface area contributed by atoms with Gasteiger partial charge >= 0.3 is 0 Å². The van der Waals surface area contributed by atoms with Crippen molar-refractivity contribution >= 4 is 10.0 Å². The second-order valence-corrected chi connectivity index (χ2v) is 6.50. The summed E-state index contributed by atoms with van der Waals surface area (Å²) in [7, 11) is -3.48. The van der Waals surface area contributed by atoms with Crippen molar-refractivity contribution < 1.29 is 8.42 Å². The van der Waals surface area contributed by atoms with E-state index in [9.17, 15) is 8.42 Å². The Morgan fingerprint density at radius 3 is 2.33 bits per heavy atom. The first-order valence-electron chi connectivity index (χ1n) is 6.95. The third kappa shape index (κ3) is 4.67. The number of nitrogens with one attached hydrogen (secondary N) is 2. The van der Waals surface area contributed by atoms with Crippen LogP contribution in [-0.2, 0) is 23.1 Å². The predicted octanol–water partition coefficient (Wildman–Crippen LogP) is 2.27. The van der Waals surface area contributed by atoms with Crippen molar-refractivity contribution in [3.05, 3.63) is 65.7 Å². The summed E-state index contributed by atoms with van der Waals surface area (Å²) in [5.74, 6) is 0. The zero-order chi connectivity index (χ0) is 15.1. The van der Waals surface area contributed by atoms with Crippen LogP contribution < -0.4 is 10.0 Å². The molecule has 2 aromatic rings. The first kappa shape index (κ1) is 15.7. The zero-order valence-electron chi connectivity index (χ0n) is 12.0. The fourth-order valence-corrected chi connectivity index (χ4v) is 3.04. The van der Waals surface area contributed by atoms with E-state index < -0.39 is 10.0 Å². The minimum atomic E-state index is -3.48. The zero-order valence-corrected chi connectivity index (χ0v) is 12.9. The first-order chi connectivity index (χ1) is 10.1. The summed E-state index contributed by atoms with van der Waals surface area (Å²) in [6.07, 6.45) is 0. The Bertz CT molecular complexity index is 670. The number of hydrogen-bond donors (Lipinski definition) is 2. The van der Waals surface area contributed by atoms with E-state index >= 15 is 0 Å². The minimum absolute atomic E-state index is 0.292. The quantitative estimate of drug-likeness (QED) is 0.825. The van der Waals surface area contributed by atoms with Gasteiger partial charge < -0.3 is 5.32 Å². The van der Waals surface area contributed by atoms with Crippen LogP contribution in [0, 0.1) is 0 Å².